The van der Waals surface area contributed by atoms with Gasteiger partial charge in [0, 0.05) is 0 Å². The summed E-state index contributed by atoms with van der Waals surface area (Å²) in [7, 11) is -2.00. The van der Waals surface area contributed by atoms with E-state index in [4.69, 9.17) is 24.4 Å². The van der Waals surface area contributed by atoms with Crippen LogP contribution in [-0.4, -0.2) is 68.1 Å². The van der Waals surface area contributed by atoms with Crippen LogP contribution in [0.5, 0.6) is 0 Å². The van der Waals surface area contributed by atoms with Crippen LogP contribution in [0.4, 0.5) is 4.79 Å². The fraction of sp³-hybridized carbons (Fsp3) is 0.952. The van der Waals surface area contributed by atoms with Crippen molar-refractivity contribution < 1.29 is 23.4 Å². The second-order valence-corrected chi connectivity index (χ2v) is 16.0. The lowest BCUT2D eigenvalue weighted by atomic mass is 10.1. The van der Waals surface area contributed by atoms with Crippen molar-refractivity contribution in [3.8, 4) is 0 Å². The van der Waals surface area contributed by atoms with Crippen molar-refractivity contribution in [3.05, 3.63) is 0 Å². The SMILES string of the molecule is CC(C)(C)OC(=O)N1[C@H](CO[Si](C)(C)C(C)(C)C)[C@H]2OC(C)(C)O[C@H]2[C@@H]1CCN. The predicted octanol–water partition coefficient (Wildman–Crippen LogP) is 3.87. The van der Waals surface area contributed by atoms with Gasteiger partial charge in [0.25, 0.3) is 0 Å². The fourth-order valence-corrected chi connectivity index (χ4v) is 4.74. The van der Waals surface area contributed by atoms with Crippen molar-refractivity contribution in [2.24, 2.45) is 5.73 Å². The standard InChI is InChI=1S/C21H42N2O5Si/c1-19(2,3)28-18(24)23-14(11-12-22)16-17(27-21(7,8)26-16)15(23)13-25-29(9,10)20(4,5)6/h14-17H,11-13,22H2,1-10H3/t14-,15+,16-,17+/m0/s1. The first-order valence-corrected chi connectivity index (χ1v) is 13.6. The Morgan fingerprint density at radius 1 is 1.07 bits per heavy atom. The minimum Gasteiger partial charge on any atom is -0.444 e. The van der Waals surface area contributed by atoms with Crippen LogP contribution in [-0.2, 0) is 18.6 Å². The molecule has 0 saturated carbocycles. The first-order chi connectivity index (χ1) is 13.0. The molecule has 2 heterocycles. The molecule has 2 saturated heterocycles. The maximum atomic E-state index is 13.2. The van der Waals surface area contributed by atoms with Crippen LogP contribution in [0.15, 0.2) is 0 Å². The molecule has 0 aromatic carbocycles. The van der Waals surface area contributed by atoms with Crippen LogP contribution in [0.2, 0.25) is 18.1 Å². The van der Waals surface area contributed by atoms with E-state index in [1.807, 2.05) is 34.6 Å². The Balaban J connectivity index is 2.34. The number of fused-ring (bicyclic) bond motifs is 1. The molecule has 4 atom stereocenters. The molecule has 2 fully saturated rings. The molecule has 0 radical (unpaired) electrons. The largest absolute Gasteiger partial charge is 0.444 e. The van der Waals surface area contributed by atoms with Gasteiger partial charge in [0.2, 0.25) is 0 Å². The third kappa shape index (κ3) is 5.52. The molecule has 1 amide bonds. The number of hydrogen-bond acceptors (Lipinski definition) is 6. The quantitative estimate of drug-likeness (QED) is 0.667. The zero-order valence-corrected chi connectivity index (χ0v) is 21.0. The minimum absolute atomic E-state index is 0.0741. The molecule has 2 aliphatic rings. The second-order valence-electron chi connectivity index (χ2n) is 11.2. The first-order valence-electron chi connectivity index (χ1n) is 10.7. The van der Waals surface area contributed by atoms with E-state index in [1.165, 1.54) is 0 Å². The van der Waals surface area contributed by atoms with Crippen LogP contribution in [0.1, 0.15) is 61.8 Å². The van der Waals surface area contributed by atoms with Gasteiger partial charge in [-0.05, 0) is 65.7 Å². The zero-order valence-electron chi connectivity index (χ0n) is 20.0. The van der Waals surface area contributed by atoms with Gasteiger partial charge in [0.15, 0.2) is 14.1 Å². The van der Waals surface area contributed by atoms with Gasteiger partial charge in [-0.25, -0.2) is 4.79 Å². The summed E-state index contributed by atoms with van der Waals surface area (Å²) in [6.45, 7) is 21.3. The van der Waals surface area contributed by atoms with Gasteiger partial charge >= 0.3 is 6.09 Å². The van der Waals surface area contributed by atoms with Gasteiger partial charge in [0.05, 0.1) is 18.7 Å². The Labute approximate surface area is 177 Å². The summed E-state index contributed by atoms with van der Waals surface area (Å²) in [5, 5.41) is 0.0741. The Bertz CT molecular complexity index is 597. The highest BCUT2D eigenvalue weighted by molar-refractivity contribution is 6.74. The molecule has 0 bridgehead atoms. The fourth-order valence-electron chi connectivity index (χ4n) is 3.72. The Hall–Kier alpha value is -0.673. The van der Waals surface area contributed by atoms with E-state index >= 15 is 0 Å². The number of likely N-dealkylation sites (tertiary alicyclic amines) is 1. The number of nitrogens with zero attached hydrogens (tertiary/aromatic N) is 1. The van der Waals surface area contributed by atoms with Crippen LogP contribution < -0.4 is 5.73 Å². The number of amides is 1. The number of rotatable bonds is 5. The van der Waals surface area contributed by atoms with Crippen LogP contribution in [0.3, 0.4) is 0 Å². The van der Waals surface area contributed by atoms with Gasteiger partial charge in [0.1, 0.15) is 17.8 Å². The second kappa shape index (κ2) is 8.11. The lowest BCUT2D eigenvalue weighted by Crippen LogP contribution is -2.52. The third-order valence-corrected chi connectivity index (χ3v) is 10.6. The molecule has 0 aliphatic carbocycles. The topological polar surface area (TPSA) is 83.2 Å². The normalized spacial score (nSPS) is 29.8. The van der Waals surface area contributed by atoms with E-state index < -0.39 is 19.7 Å². The van der Waals surface area contributed by atoms with Crippen molar-refractivity contribution >= 4 is 14.4 Å². The highest BCUT2D eigenvalue weighted by Gasteiger charge is 2.60. The van der Waals surface area contributed by atoms with Gasteiger partial charge in [-0.2, -0.15) is 0 Å². The number of hydrogen-bond donors (Lipinski definition) is 1. The molecule has 2 rings (SSSR count). The average Bonchev–Trinajstić information content (AvgIpc) is 2.94. The number of nitrogens with two attached hydrogens (primary N) is 1. The maximum absolute atomic E-state index is 13.2. The van der Waals surface area contributed by atoms with Crippen LogP contribution >= 0.6 is 0 Å². The van der Waals surface area contributed by atoms with Crippen LogP contribution in [0, 0.1) is 0 Å². The van der Waals surface area contributed by atoms with E-state index in [2.05, 4.69) is 33.9 Å². The number of carbonyl (C=O) groups is 1. The van der Waals surface area contributed by atoms with Gasteiger partial charge in [-0.3, -0.25) is 4.90 Å². The monoisotopic (exact) mass is 430 g/mol. The first kappa shape index (κ1) is 24.6. The summed E-state index contributed by atoms with van der Waals surface area (Å²) in [6.07, 6.45) is -0.247. The molecule has 2 N–H and O–H groups in total. The summed E-state index contributed by atoms with van der Waals surface area (Å²) in [4.78, 5) is 15.0. The third-order valence-electron chi connectivity index (χ3n) is 6.12. The molecule has 0 unspecified atom stereocenters. The smallest absolute Gasteiger partial charge is 0.411 e. The van der Waals surface area contributed by atoms with Gasteiger partial charge in [-0.15, -0.1) is 0 Å². The summed E-state index contributed by atoms with van der Waals surface area (Å²) < 4.78 is 24.7. The highest BCUT2D eigenvalue weighted by Crippen LogP contribution is 2.43. The summed E-state index contributed by atoms with van der Waals surface area (Å²) in [5.41, 5.74) is 5.31. The van der Waals surface area contributed by atoms with E-state index in [-0.39, 0.29) is 35.4 Å². The average molecular weight is 431 g/mol. The van der Waals surface area contributed by atoms with Crippen molar-refractivity contribution in [2.75, 3.05) is 13.2 Å². The molecule has 2 aliphatic heterocycles. The Kier molecular flexibility index (Phi) is 6.88. The van der Waals surface area contributed by atoms with E-state index in [0.717, 1.165) is 0 Å². The van der Waals surface area contributed by atoms with Crippen molar-refractivity contribution in [2.45, 2.75) is 116 Å². The molecule has 0 spiro atoms. The number of ether oxygens (including phenoxy) is 3. The molecule has 0 aromatic rings. The zero-order chi connectivity index (χ0) is 22.4. The Morgan fingerprint density at radius 2 is 1.59 bits per heavy atom. The maximum Gasteiger partial charge on any atom is 0.411 e. The summed E-state index contributed by atoms with van der Waals surface area (Å²) >= 11 is 0. The molecule has 7 nitrogen and oxygen atoms in total. The Morgan fingerprint density at radius 3 is 2.03 bits per heavy atom. The van der Waals surface area contributed by atoms with E-state index in [1.54, 1.807) is 4.90 Å². The van der Waals surface area contributed by atoms with Gasteiger partial charge < -0.3 is 24.4 Å². The molecule has 170 valence electrons. The van der Waals surface area contributed by atoms with Crippen molar-refractivity contribution in [1.82, 2.24) is 4.90 Å². The highest BCUT2D eigenvalue weighted by atomic mass is 28.4. The van der Waals surface area contributed by atoms with Crippen molar-refractivity contribution in [3.63, 3.8) is 0 Å². The predicted molar refractivity (Wildman–Crippen MR) is 116 cm³/mol. The van der Waals surface area contributed by atoms with Crippen LogP contribution in [0.25, 0.3) is 0 Å². The molecular formula is C21H42N2O5Si. The number of carbonyl (C=O) groups excluding carboxylic acids is 1. The molecule has 8 heteroatoms. The molecular weight excluding hydrogens is 388 g/mol. The van der Waals surface area contributed by atoms with E-state index in [0.29, 0.717) is 19.6 Å². The lowest BCUT2D eigenvalue weighted by molar-refractivity contribution is -0.168. The van der Waals surface area contributed by atoms with E-state index in [9.17, 15) is 4.79 Å². The molecule has 0 aromatic heterocycles. The minimum atomic E-state index is -2.00. The van der Waals surface area contributed by atoms with Crippen molar-refractivity contribution in [1.29, 1.82) is 0 Å². The van der Waals surface area contributed by atoms with Gasteiger partial charge in [-0.1, -0.05) is 20.8 Å². The molecule has 29 heavy (non-hydrogen) atoms. The lowest BCUT2D eigenvalue weighted by Gasteiger charge is -2.40. The summed E-state index contributed by atoms with van der Waals surface area (Å²) in [5.74, 6) is -0.697. The summed E-state index contributed by atoms with van der Waals surface area (Å²) in [6, 6.07) is -0.475.